The fourth-order valence-corrected chi connectivity index (χ4v) is 2.27. The Balaban J connectivity index is 3.05. The van der Waals surface area contributed by atoms with Crippen molar-refractivity contribution in [3.05, 3.63) is 35.9 Å². The minimum Gasteiger partial charge on any atom is -0.281 e. The van der Waals surface area contributed by atoms with Crippen LogP contribution in [0.2, 0.25) is 0 Å². The number of hydrogen-bond donors (Lipinski definition) is 0. The number of thioether (sulfide) groups is 1. The number of rotatable bonds is 3. The lowest BCUT2D eigenvalue weighted by Gasteiger charge is -2.29. The van der Waals surface area contributed by atoms with E-state index in [0.29, 0.717) is 0 Å². The molecule has 1 aromatic carbocycles. The molecule has 0 aliphatic carbocycles. The summed E-state index contributed by atoms with van der Waals surface area (Å²) in [5, 5.41) is -6.96. The number of halogens is 8. The van der Waals surface area contributed by atoms with Crippen LogP contribution in [-0.2, 0) is 0 Å². The summed E-state index contributed by atoms with van der Waals surface area (Å²) in [6, 6.07) is 5.87. The van der Waals surface area contributed by atoms with Crippen LogP contribution in [-0.4, -0.2) is 22.7 Å². The minimum atomic E-state index is -6.23. The lowest BCUT2D eigenvalue weighted by atomic mass is 10.1. The lowest BCUT2D eigenvalue weighted by Crippen LogP contribution is -2.47. The van der Waals surface area contributed by atoms with E-state index in [4.69, 9.17) is 0 Å². The van der Waals surface area contributed by atoms with Crippen molar-refractivity contribution >= 4 is 16.9 Å². The maximum atomic E-state index is 13.3. The van der Waals surface area contributed by atoms with Gasteiger partial charge in [-0.2, -0.15) is 35.1 Å². The summed E-state index contributed by atoms with van der Waals surface area (Å²) in [6.07, 6.45) is -12.5. The van der Waals surface area contributed by atoms with E-state index < -0.39 is 46.0 Å². The third kappa shape index (κ3) is 4.58. The Morgan fingerprint density at radius 1 is 0.857 bits per heavy atom. The number of carbonyl (C=O) groups excluding carboxylic acids is 1. The second-order valence-corrected chi connectivity index (χ2v) is 4.95. The van der Waals surface area contributed by atoms with Gasteiger partial charge in [-0.25, -0.2) is 0 Å². The summed E-state index contributed by atoms with van der Waals surface area (Å²) >= 11 is -1.30. The molecule has 0 amide bonds. The highest BCUT2D eigenvalue weighted by Crippen LogP contribution is 2.53. The van der Waals surface area contributed by atoms with E-state index in [-0.39, 0.29) is 0 Å². The Labute approximate surface area is 117 Å². The largest absolute Gasteiger partial charge is 0.407 e. The summed E-state index contributed by atoms with van der Waals surface area (Å²) < 4.78 is 100. The number of hydrogen-bond acceptors (Lipinski definition) is 2. The zero-order valence-corrected chi connectivity index (χ0v) is 10.6. The van der Waals surface area contributed by atoms with Crippen molar-refractivity contribution in [1.82, 2.24) is 0 Å². The number of alkyl halides is 8. The first kappa shape index (κ1) is 17.7. The van der Waals surface area contributed by atoms with E-state index in [2.05, 4.69) is 0 Å². The highest BCUT2D eigenvalue weighted by molar-refractivity contribution is 8.15. The van der Waals surface area contributed by atoms with Crippen molar-refractivity contribution < 1.29 is 39.9 Å². The van der Waals surface area contributed by atoms with E-state index in [0.717, 1.165) is 12.1 Å². The third-order valence-corrected chi connectivity index (χ3v) is 3.16. The van der Waals surface area contributed by atoms with E-state index in [1.54, 1.807) is 0 Å². The molecule has 0 aliphatic heterocycles. The van der Waals surface area contributed by atoms with Gasteiger partial charge >= 0.3 is 17.6 Å². The van der Waals surface area contributed by atoms with Crippen LogP contribution in [0.25, 0.3) is 0 Å². The molecule has 1 aromatic rings. The van der Waals surface area contributed by atoms with Gasteiger partial charge in [-0.15, -0.1) is 0 Å². The quantitative estimate of drug-likeness (QED) is 0.730. The predicted octanol–water partition coefficient (Wildman–Crippen LogP) is 4.89. The predicted molar refractivity (Wildman–Crippen MR) is 58.9 cm³/mol. The van der Waals surface area contributed by atoms with Crippen LogP contribution in [0.1, 0.15) is 10.4 Å². The van der Waals surface area contributed by atoms with Gasteiger partial charge < -0.3 is 0 Å². The first-order chi connectivity index (χ1) is 9.36. The maximum Gasteiger partial charge on any atom is 0.407 e. The summed E-state index contributed by atoms with van der Waals surface area (Å²) in [4.78, 5) is 11.4. The number of carbonyl (C=O) groups is 1. The molecular formula is C11H6F8OS. The van der Waals surface area contributed by atoms with Gasteiger partial charge in [0, 0.05) is 5.56 Å². The van der Waals surface area contributed by atoms with E-state index >= 15 is 0 Å². The molecule has 0 aromatic heterocycles. The van der Waals surface area contributed by atoms with Crippen molar-refractivity contribution in [2.75, 3.05) is 0 Å². The molecule has 0 atom stereocenters. The second kappa shape index (κ2) is 5.82. The van der Waals surface area contributed by atoms with Crippen LogP contribution >= 0.6 is 11.8 Å². The molecule has 21 heavy (non-hydrogen) atoms. The molecule has 0 saturated carbocycles. The average molecular weight is 338 g/mol. The molecule has 0 unspecified atom stereocenters. The van der Waals surface area contributed by atoms with Crippen LogP contribution in [0.4, 0.5) is 35.1 Å². The molecule has 0 bridgehead atoms. The Bertz CT molecular complexity index is 479. The minimum absolute atomic E-state index is 0.426. The summed E-state index contributed by atoms with van der Waals surface area (Å²) in [6.45, 7) is 0. The Hall–Kier alpha value is -1.32. The third-order valence-electron chi connectivity index (χ3n) is 2.23. The Kier molecular flexibility index (Phi) is 4.91. The zero-order valence-electron chi connectivity index (χ0n) is 9.80. The molecule has 0 radical (unpaired) electrons. The first-order valence-corrected chi connectivity index (χ1v) is 5.97. The average Bonchev–Trinajstić information content (AvgIpc) is 2.24. The van der Waals surface area contributed by atoms with Crippen molar-refractivity contribution in [1.29, 1.82) is 0 Å². The summed E-state index contributed by atoms with van der Waals surface area (Å²) in [5.74, 6) is -4.92. The van der Waals surface area contributed by atoms with Gasteiger partial charge in [-0.1, -0.05) is 30.3 Å². The molecule has 0 fully saturated rings. The van der Waals surface area contributed by atoms with Crippen molar-refractivity contribution in [2.45, 2.75) is 17.6 Å². The van der Waals surface area contributed by atoms with Crippen molar-refractivity contribution in [2.24, 2.45) is 5.92 Å². The van der Waals surface area contributed by atoms with Crippen LogP contribution in [0.3, 0.4) is 0 Å². The van der Waals surface area contributed by atoms with Crippen LogP contribution in [0.15, 0.2) is 30.3 Å². The molecule has 0 aliphatic rings. The highest BCUT2D eigenvalue weighted by atomic mass is 32.2. The van der Waals surface area contributed by atoms with E-state index in [1.807, 2.05) is 0 Å². The zero-order chi connectivity index (χ0) is 16.5. The smallest absolute Gasteiger partial charge is 0.281 e. The van der Waals surface area contributed by atoms with Gasteiger partial charge in [-0.05, 0) is 11.8 Å². The molecule has 10 heteroatoms. The normalized spacial score (nSPS) is 13.6. The molecule has 118 valence electrons. The van der Waals surface area contributed by atoms with Gasteiger partial charge in [-0.3, -0.25) is 4.79 Å². The topological polar surface area (TPSA) is 17.1 Å². The van der Waals surface area contributed by atoms with Crippen LogP contribution in [0.5, 0.6) is 0 Å². The van der Waals surface area contributed by atoms with Gasteiger partial charge in [0.1, 0.15) is 0 Å². The molecule has 0 saturated heterocycles. The van der Waals surface area contributed by atoms with Crippen molar-refractivity contribution in [3.63, 3.8) is 0 Å². The lowest BCUT2D eigenvalue weighted by molar-refractivity contribution is -0.318. The molecule has 0 heterocycles. The molecule has 1 rings (SSSR count). The van der Waals surface area contributed by atoms with Gasteiger partial charge in [0.25, 0.3) is 0 Å². The molecule has 1 nitrogen and oxygen atoms in total. The second-order valence-electron chi connectivity index (χ2n) is 3.83. The summed E-state index contributed by atoms with van der Waals surface area (Å²) in [7, 11) is 0. The van der Waals surface area contributed by atoms with Gasteiger partial charge in [0.05, 0.1) is 0 Å². The first-order valence-electron chi connectivity index (χ1n) is 5.15. The van der Waals surface area contributed by atoms with Crippen molar-refractivity contribution in [3.8, 4) is 0 Å². The van der Waals surface area contributed by atoms with Crippen LogP contribution < -0.4 is 0 Å². The van der Waals surface area contributed by atoms with Gasteiger partial charge in [0.15, 0.2) is 0 Å². The molecule has 0 spiro atoms. The maximum absolute atomic E-state index is 13.3. The Morgan fingerprint density at radius 2 is 1.29 bits per heavy atom. The monoisotopic (exact) mass is 338 g/mol. The SMILES string of the molecule is O=C(SC(F)(F)C(C(F)(F)F)C(F)(F)F)c1ccccc1. The fraction of sp³-hybridized carbons (Fsp3) is 0.364. The number of benzene rings is 1. The van der Waals surface area contributed by atoms with E-state index in [9.17, 15) is 39.9 Å². The summed E-state index contributed by atoms with van der Waals surface area (Å²) in [5.41, 5.74) is -0.426. The van der Waals surface area contributed by atoms with E-state index in [1.165, 1.54) is 18.2 Å². The van der Waals surface area contributed by atoms with Gasteiger partial charge in [0.2, 0.25) is 11.0 Å². The van der Waals surface area contributed by atoms with Crippen LogP contribution in [0, 0.1) is 5.92 Å². The molecule has 0 N–H and O–H groups in total. The fourth-order valence-electron chi connectivity index (χ4n) is 1.38. The Morgan fingerprint density at radius 3 is 1.67 bits per heavy atom. The standard InChI is InChI=1S/C11H6F8OS/c12-9(13,14)8(10(15,16)17)11(18,19)21-7(20)6-4-2-1-3-5-6/h1-5,8H. The highest BCUT2D eigenvalue weighted by Gasteiger charge is 2.69. The molecular weight excluding hydrogens is 332 g/mol.